The standard InChI is InChI=1S/C21H22ClN3O3/c1-4-10-28-20-17(22)11-15(12-19(20)27-5-2)13-23-25-14(3)24-18-9-7-6-8-16(18)21(25)26/h6-9,11-13H,4-5,10H2,1-3H3. The van der Waals surface area contributed by atoms with E-state index in [1.165, 1.54) is 4.68 Å². The lowest BCUT2D eigenvalue weighted by molar-refractivity contribution is 0.277. The number of halogens is 1. The Morgan fingerprint density at radius 2 is 2.00 bits per heavy atom. The van der Waals surface area contributed by atoms with Gasteiger partial charge in [0.15, 0.2) is 11.5 Å². The summed E-state index contributed by atoms with van der Waals surface area (Å²) in [7, 11) is 0. The van der Waals surface area contributed by atoms with Crippen molar-refractivity contribution in [2.75, 3.05) is 13.2 Å². The number of nitrogens with zero attached hydrogens (tertiary/aromatic N) is 3. The summed E-state index contributed by atoms with van der Waals surface area (Å²) in [6.07, 6.45) is 2.42. The first-order valence-corrected chi connectivity index (χ1v) is 9.54. The molecule has 2 aromatic carbocycles. The lowest BCUT2D eigenvalue weighted by atomic mass is 10.2. The summed E-state index contributed by atoms with van der Waals surface area (Å²) in [6.45, 7) is 6.68. The average Bonchev–Trinajstić information content (AvgIpc) is 2.67. The zero-order valence-electron chi connectivity index (χ0n) is 16.1. The zero-order chi connectivity index (χ0) is 20.1. The fourth-order valence-corrected chi connectivity index (χ4v) is 3.04. The molecule has 3 aromatic rings. The van der Waals surface area contributed by atoms with Gasteiger partial charge in [0.25, 0.3) is 5.56 Å². The van der Waals surface area contributed by atoms with E-state index in [0.717, 1.165) is 6.42 Å². The van der Waals surface area contributed by atoms with E-state index in [1.54, 1.807) is 43.5 Å². The Morgan fingerprint density at radius 3 is 2.75 bits per heavy atom. The maximum Gasteiger partial charge on any atom is 0.282 e. The van der Waals surface area contributed by atoms with E-state index in [4.69, 9.17) is 21.1 Å². The van der Waals surface area contributed by atoms with Gasteiger partial charge in [-0.3, -0.25) is 4.79 Å². The molecule has 0 amide bonds. The third kappa shape index (κ3) is 4.17. The second-order valence-corrected chi connectivity index (χ2v) is 6.56. The van der Waals surface area contributed by atoms with Crippen molar-refractivity contribution < 1.29 is 9.47 Å². The van der Waals surface area contributed by atoms with Crippen LogP contribution in [0.4, 0.5) is 0 Å². The number of fused-ring (bicyclic) bond motifs is 1. The molecule has 28 heavy (non-hydrogen) atoms. The van der Waals surface area contributed by atoms with Crippen LogP contribution in [0.1, 0.15) is 31.7 Å². The van der Waals surface area contributed by atoms with E-state index >= 15 is 0 Å². The Hall–Kier alpha value is -2.86. The largest absolute Gasteiger partial charge is 0.490 e. The summed E-state index contributed by atoms with van der Waals surface area (Å²) < 4.78 is 12.6. The van der Waals surface area contributed by atoms with Crippen LogP contribution in [-0.4, -0.2) is 29.1 Å². The molecule has 0 N–H and O–H groups in total. The molecule has 0 aliphatic carbocycles. The van der Waals surface area contributed by atoms with Crippen molar-refractivity contribution in [3.63, 3.8) is 0 Å². The maximum atomic E-state index is 12.7. The predicted octanol–water partition coefficient (Wildman–Crippen LogP) is 4.43. The fourth-order valence-electron chi connectivity index (χ4n) is 2.76. The van der Waals surface area contributed by atoms with Crippen LogP contribution in [-0.2, 0) is 0 Å². The summed E-state index contributed by atoms with van der Waals surface area (Å²) in [6, 6.07) is 10.7. The molecular formula is C21H22ClN3O3. The minimum atomic E-state index is -0.224. The van der Waals surface area contributed by atoms with Gasteiger partial charge in [0, 0.05) is 0 Å². The van der Waals surface area contributed by atoms with E-state index in [1.807, 2.05) is 19.9 Å². The van der Waals surface area contributed by atoms with Gasteiger partial charge in [-0.25, -0.2) is 4.98 Å². The molecule has 0 radical (unpaired) electrons. The molecule has 0 spiro atoms. The number of aromatic nitrogens is 2. The summed E-state index contributed by atoms with van der Waals surface area (Å²) in [5.74, 6) is 1.56. The number of rotatable bonds is 7. The molecule has 7 heteroatoms. The van der Waals surface area contributed by atoms with Gasteiger partial charge in [-0.15, -0.1) is 0 Å². The van der Waals surface area contributed by atoms with E-state index in [0.29, 0.717) is 52.0 Å². The SMILES string of the molecule is CCCOc1c(Cl)cc(C=Nn2c(C)nc3ccccc3c2=O)cc1OCC. The van der Waals surface area contributed by atoms with Crippen LogP contribution >= 0.6 is 11.6 Å². The molecule has 0 fully saturated rings. The Kier molecular flexibility index (Phi) is 6.31. The Labute approximate surface area is 168 Å². The van der Waals surface area contributed by atoms with Crippen LogP contribution in [0.2, 0.25) is 5.02 Å². The summed E-state index contributed by atoms with van der Waals surface area (Å²) in [4.78, 5) is 17.2. The molecule has 0 saturated heterocycles. The summed E-state index contributed by atoms with van der Waals surface area (Å²) in [5.41, 5.74) is 1.12. The third-order valence-corrected chi connectivity index (χ3v) is 4.30. The monoisotopic (exact) mass is 399 g/mol. The lowest BCUT2D eigenvalue weighted by Gasteiger charge is -2.14. The van der Waals surface area contributed by atoms with Crippen LogP contribution in [0.3, 0.4) is 0 Å². The minimum Gasteiger partial charge on any atom is -0.490 e. The average molecular weight is 400 g/mol. The number of benzene rings is 2. The highest BCUT2D eigenvalue weighted by molar-refractivity contribution is 6.32. The number of hydrogen-bond acceptors (Lipinski definition) is 5. The highest BCUT2D eigenvalue weighted by atomic mass is 35.5. The van der Waals surface area contributed by atoms with Gasteiger partial charge in [-0.05, 0) is 50.1 Å². The Bertz CT molecular complexity index is 1080. The fraction of sp³-hybridized carbons (Fsp3) is 0.286. The predicted molar refractivity (Wildman–Crippen MR) is 112 cm³/mol. The topological polar surface area (TPSA) is 65.7 Å². The molecule has 1 aromatic heterocycles. The molecule has 0 aliphatic heterocycles. The number of para-hydroxylation sites is 1. The van der Waals surface area contributed by atoms with Crippen LogP contribution in [0, 0.1) is 6.92 Å². The first kappa shape index (κ1) is 19.9. The van der Waals surface area contributed by atoms with Crippen LogP contribution in [0.5, 0.6) is 11.5 Å². The first-order chi connectivity index (χ1) is 13.5. The smallest absolute Gasteiger partial charge is 0.282 e. The molecule has 0 saturated carbocycles. The maximum absolute atomic E-state index is 12.7. The molecule has 3 rings (SSSR count). The van der Waals surface area contributed by atoms with Crippen molar-refractivity contribution in [3.05, 3.63) is 63.2 Å². The molecule has 0 aliphatic rings. The van der Waals surface area contributed by atoms with Gasteiger partial charge >= 0.3 is 0 Å². The quantitative estimate of drug-likeness (QED) is 0.551. The van der Waals surface area contributed by atoms with Gasteiger partial charge in [-0.1, -0.05) is 30.7 Å². The highest BCUT2D eigenvalue weighted by Crippen LogP contribution is 2.36. The number of aryl methyl sites for hydroxylation is 1. The van der Waals surface area contributed by atoms with Gasteiger partial charge in [-0.2, -0.15) is 9.78 Å². The molecule has 0 atom stereocenters. The van der Waals surface area contributed by atoms with Crippen LogP contribution in [0.15, 0.2) is 46.3 Å². The van der Waals surface area contributed by atoms with Gasteiger partial charge in [0.2, 0.25) is 0 Å². The molecular weight excluding hydrogens is 378 g/mol. The van der Waals surface area contributed by atoms with E-state index in [-0.39, 0.29) is 5.56 Å². The third-order valence-electron chi connectivity index (χ3n) is 4.02. The van der Waals surface area contributed by atoms with Gasteiger partial charge in [0.1, 0.15) is 5.82 Å². The number of hydrogen-bond donors (Lipinski definition) is 0. The second kappa shape index (κ2) is 8.89. The minimum absolute atomic E-state index is 0.224. The molecule has 1 heterocycles. The van der Waals surface area contributed by atoms with E-state index in [2.05, 4.69) is 10.1 Å². The second-order valence-electron chi connectivity index (χ2n) is 6.15. The van der Waals surface area contributed by atoms with Crippen molar-refractivity contribution in [2.45, 2.75) is 27.2 Å². The van der Waals surface area contributed by atoms with E-state index in [9.17, 15) is 4.79 Å². The van der Waals surface area contributed by atoms with E-state index < -0.39 is 0 Å². The first-order valence-electron chi connectivity index (χ1n) is 9.17. The van der Waals surface area contributed by atoms with Gasteiger partial charge in [0.05, 0.1) is 35.4 Å². The van der Waals surface area contributed by atoms with Crippen molar-refractivity contribution >= 4 is 28.7 Å². The molecule has 0 unspecified atom stereocenters. The molecule has 6 nitrogen and oxygen atoms in total. The highest BCUT2D eigenvalue weighted by Gasteiger charge is 2.12. The van der Waals surface area contributed by atoms with Crippen molar-refractivity contribution in [1.82, 2.24) is 9.66 Å². The molecule has 146 valence electrons. The van der Waals surface area contributed by atoms with Crippen LogP contribution in [0.25, 0.3) is 10.9 Å². The zero-order valence-corrected chi connectivity index (χ0v) is 16.9. The Balaban J connectivity index is 2.00. The Morgan fingerprint density at radius 1 is 1.21 bits per heavy atom. The van der Waals surface area contributed by atoms with Crippen molar-refractivity contribution in [1.29, 1.82) is 0 Å². The lowest BCUT2D eigenvalue weighted by Crippen LogP contribution is -2.20. The number of ether oxygens (including phenoxy) is 2. The molecule has 0 bridgehead atoms. The normalized spacial score (nSPS) is 11.3. The van der Waals surface area contributed by atoms with Gasteiger partial charge < -0.3 is 9.47 Å². The van der Waals surface area contributed by atoms with Crippen LogP contribution < -0.4 is 15.0 Å². The summed E-state index contributed by atoms with van der Waals surface area (Å²) >= 11 is 6.38. The summed E-state index contributed by atoms with van der Waals surface area (Å²) in [5, 5.41) is 5.27. The van der Waals surface area contributed by atoms with Crippen molar-refractivity contribution in [3.8, 4) is 11.5 Å². The van der Waals surface area contributed by atoms with Crippen molar-refractivity contribution in [2.24, 2.45) is 5.10 Å².